The Bertz CT molecular complexity index is 997. The van der Waals surface area contributed by atoms with Crippen molar-refractivity contribution >= 4 is 23.1 Å². The molecule has 0 spiro atoms. The molecule has 1 aliphatic heterocycles. The van der Waals surface area contributed by atoms with Crippen LogP contribution in [0, 0.1) is 5.92 Å². The molecular formula is C20H21N5O2. The first-order chi connectivity index (χ1) is 13.1. The largest absolute Gasteiger partial charge is 0.346 e. The molecule has 7 nitrogen and oxygen atoms in total. The molecule has 2 aromatic heterocycles. The number of fused-ring (bicyclic) bond motifs is 2. The van der Waals surface area contributed by atoms with Crippen molar-refractivity contribution in [2.24, 2.45) is 5.92 Å². The first-order valence-electron chi connectivity index (χ1n) is 9.09. The molecule has 27 heavy (non-hydrogen) atoms. The fourth-order valence-corrected chi connectivity index (χ4v) is 3.49. The Kier molecular flexibility index (Phi) is 4.58. The van der Waals surface area contributed by atoms with E-state index in [1.165, 1.54) is 0 Å². The van der Waals surface area contributed by atoms with E-state index in [1.54, 1.807) is 0 Å². The van der Waals surface area contributed by atoms with E-state index in [9.17, 15) is 9.59 Å². The Morgan fingerprint density at radius 1 is 1.26 bits per heavy atom. The molecule has 138 valence electrons. The van der Waals surface area contributed by atoms with Gasteiger partial charge in [0.15, 0.2) is 11.5 Å². The molecule has 0 radical (unpaired) electrons. The summed E-state index contributed by atoms with van der Waals surface area (Å²) in [6, 6.07) is 13.2. The van der Waals surface area contributed by atoms with Crippen molar-refractivity contribution in [3.05, 3.63) is 60.0 Å². The van der Waals surface area contributed by atoms with Crippen LogP contribution in [-0.2, 0) is 16.0 Å². The van der Waals surface area contributed by atoms with Crippen LogP contribution in [0.3, 0.4) is 0 Å². The van der Waals surface area contributed by atoms with Crippen LogP contribution in [0.4, 0.5) is 5.69 Å². The molecule has 3 aromatic rings. The summed E-state index contributed by atoms with van der Waals surface area (Å²) in [4.78, 5) is 24.6. The van der Waals surface area contributed by atoms with Crippen molar-refractivity contribution in [3.63, 3.8) is 0 Å². The van der Waals surface area contributed by atoms with Crippen LogP contribution in [0.5, 0.6) is 0 Å². The van der Waals surface area contributed by atoms with E-state index in [0.717, 1.165) is 16.9 Å². The lowest BCUT2D eigenvalue weighted by atomic mass is 9.89. The van der Waals surface area contributed by atoms with Crippen LogP contribution in [0.15, 0.2) is 48.7 Å². The third-order valence-electron chi connectivity index (χ3n) is 4.94. The monoisotopic (exact) mass is 363 g/mol. The van der Waals surface area contributed by atoms with Gasteiger partial charge >= 0.3 is 0 Å². The summed E-state index contributed by atoms with van der Waals surface area (Å²) in [6.07, 6.45) is 3.34. The Balaban J connectivity index is 1.35. The van der Waals surface area contributed by atoms with Crippen LogP contribution in [0.1, 0.15) is 37.2 Å². The van der Waals surface area contributed by atoms with E-state index >= 15 is 0 Å². The Labute approximate surface area is 156 Å². The van der Waals surface area contributed by atoms with Gasteiger partial charge in [0.1, 0.15) is 0 Å². The van der Waals surface area contributed by atoms with Gasteiger partial charge in [-0.05, 0) is 43.5 Å². The third kappa shape index (κ3) is 3.53. The Hall–Kier alpha value is -3.22. The van der Waals surface area contributed by atoms with Gasteiger partial charge in [-0.3, -0.25) is 14.0 Å². The molecule has 0 aliphatic carbocycles. The Morgan fingerprint density at radius 2 is 2.07 bits per heavy atom. The lowest BCUT2D eigenvalue weighted by Crippen LogP contribution is -2.32. The number of pyridine rings is 1. The van der Waals surface area contributed by atoms with E-state index < -0.39 is 0 Å². The predicted molar refractivity (Wildman–Crippen MR) is 101 cm³/mol. The number of para-hydroxylation sites is 1. The maximum atomic E-state index is 12.4. The average Bonchev–Trinajstić information content (AvgIpc) is 3.10. The van der Waals surface area contributed by atoms with Gasteiger partial charge in [0.05, 0.1) is 6.04 Å². The molecule has 3 heterocycles. The molecule has 2 N–H and O–H groups in total. The summed E-state index contributed by atoms with van der Waals surface area (Å²) >= 11 is 0. The maximum absolute atomic E-state index is 12.4. The van der Waals surface area contributed by atoms with Gasteiger partial charge in [-0.15, -0.1) is 10.2 Å². The summed E-state index contributed by atoms with van der Waals surface area (Å²) < 4.78 is 1.86. The normalized spacial score (nSPS) is 17.2. The number of anilines is 1. The number of amides is 2. The lowest BCUT2D eigenvalue weighted by molar-refractivity contribution is -0.123. The van der Waals surface area contributed by atoms with E-state index in [1.807, 2.05) is 60.0 Å². The fourth-order valence-electron chi connectivity index (χ4n) is 3.49. The SMILES string of the molecule is CC(NC(=O)CCC1Cc2ccccc2NC1=O)c1nnc2ccccn12. The fraction of sp³-hybridized carbons (Fsp3) is 0.300. The number of nitrogens with one attached hydrogen (secondary N) is 2. The molecule has 0 fully saturated rings. The minimum absolute atomic E-state index is 0.0157. The highest BCUT2D eigenvalue weighted by molar-refractivity contribution is 5.96. The number of hydrogen-bond acceptors (Lipinski definition) is 4. The molecular weight excluding hydrogens is 342 g/mol. The van der Waals surface area contributed by atoms with Gasteiger partial charge in [0, 0.05) is 24.2 Å². The molecule has 7 heteroatoms. The Morgan fingerprint density at radius 3 is 2.96 bits per heavy atom. The molecule has 1 aromatic carbocycles. The van der Waals surface area contributed by atoms with Crippen LogP contribution >= 0.6 is 0 Å². The quantitative estimate of drug-likeness (QED) is 0.729. The van der Waals surface area contributed by atoms with Crippen molar-refractivity contribution in [1.29, 1.82) is 0 Å². The van der Waals surface area contributed by atoms with Crippen LogP contribution in [0.25, 0.3) is 5.65 Å². The number of carbonyl (C=O) groups is 2. The first-order valence-corrected chi connectivity index (χ1v) is 9.09. The van der Waals surface area contributed by atoms with Crippen molar-refractivity contribution < 1.29 is 9.59 Å². The van der Waals surface area contributed by atoms with E-state index in [-0.39, 0.29) is 23.8 Å². The zero-order valence-electron chi connectivity index (χ0n) is 15.1. The van der Waals surface area contributed by atoms with Gasteiger partial charge in [0.25, 0.3) is 0 Å². The second-order valence-corrected chi connectivity index (χ2v) is 6.86. The minimum atomic E-state index is -0.268. The van der Waals surface area contributed by atoms with Gasteiger partial charge in [-0.1, -0.05) is 24.3 Å². The van der Waals surface area contributed by atoms with Gasteiger partial charge in [0.2, 0.25) is 11.8 Å². The third-order valence-corrected chi connectivity index (χ3v) is 4.94. The zero-order chi connectivity index (χ0) is 18.8. The number of nitrogens with zero attached hydrogens (tertiary/aromatic N) is 3. The standard InChI is InChI=1S/C20H21N5O2/c1-13(19-24-23-17-8-4-5-11-25(17)19)21-18(26)10-9-15-12-14-6-2-3-7-16(14)22-20(15)27/h2-8,11,13,15H,9-10,12H2,1H3,(H,21,26)(H,22,27). The van der Waals surface area contributed by atoms with Gasteiger partial charge in [-0.2, -0.15) is 0 Å². The summed E-state index contributed by atoms with van der Waals surface area (Å²) in [7, 11) is 0. The van der Waals surface area contributed by atoms with Crippen molar-refractivity contribution in [2.75, 3.05) is 5.32 Å². The molecule has 2 amide bonds. The summed E-state index contributed by atoms with van der Waals surface area (Å²) in [5.74, 6) is 0.387. The van der Waals surface area contributed by atoms with Crippen molar-refractivity contribution in [2.45, 2.75) is 32.2 Å². The minimum Gasteiger partial charge on any atom is -0.346 e. The topological polar surface area (TPSA) is 88.4 Å². The van der Waals surface area contributed by atoms with Crippen molar-refractivity contribution in [1.82, 2.24) is 19.9 Å². The van der Waals surface area contributed by atoms with E-state index in [0.29, 0.717) is 25.1 Å². The predicted octanol–water partition coefficient (Wildman–Crippen LogP) is 2.50. The number of rotatable bonds is 5. The number of aromatic nitrogens is 3. The van der Waals surface area contributed by atoms with Crippen LogP contribution < -0.4 is 10.6 Å². The molecule has 1 aliphatic rings. The number of carbonyl (C=O) groups excluding carboxylic acids is 2. The van der Waals surface area contributed by atoms with Crippen LogP contribution in [-0.4, -0.2) is 26.4 Å². The van der Waals surface area contributed by atoms with Crippen molar-refractivity contribution in [3.8, 4) is 0 Å². The highest BCUT2D eigenvalue weighted by Gasteiger charge is 2.26. The highest BCUT2D eigenvalue weighted by atomic mass is 16.2. The van der Waals surface area contributed by atoms with Gasteiger partial charge in [-0.25, -0.2) is 0 Å². The summed E-state index contributed by atoms with van der Waals surface area (Å²) in [6.45, 7) is 1.88. The first kappa shape index (κ1) is 17.2. The molecule has 2 atom stereocenters. The summed E-state index contributed by atoms with van der Waals surface area (Å²) in [5.41, 5.74) is 2.73. The molecule has 0 bridgehead atoms. The molecule has 4 rings (SSSR count). The van der Waals surface area contributed by atoms with E-state index in [4.69, 9.17) is 0 Å². The van der Waals surface area contributed by atoms with Crippen LogP contribution in [0.2, 0.25) is 0 Å². The average molecular weight is 363 g/mol. The van der Waals surface area contributed by atoms with E-state index in [2.05, 4.69) is 20.8 Å². The lowest BCUT2D eigenvalue weighted by Gasteiger charge is -2.24. The summed E-state index contributed by atoms with van der Waals surface area (Å²) in [5, 5.41) is 14.2. The second-order valence-electron chi connectivity index (χ2n) is 6.86. The maximum Gasteiger partial charge on any atom is 0.227 e. The highest BCUT2D eigenvalue weighted by Crippen LogP contribution is 2.27. The van der Waals surface area contributed by atoms with Gasteiger partial charge < -0.3 is 10.6 Å². The zero-order valence-corrected chi connectivity index (χ0v) is 15.1. The molecule has 0 saturated heterocycles. The molecule has 0 saturated carbocycles. The smallest absolute Gasteiger partial charge is 0.227 e. The second kappa shape index (κ2) is 7.19. The number of benzene rings is 1. The molecule has 2 unspecified atom stereocenters. The number of hydrogen-bond donors (Lipinski definition) is 2.